The normalized spacial score (nSPS) is 22.2. The molecule has 0 fully saturated rings. The van der Waals surface area contributed by atoms with Crippen molar-refractivity contribution in [3.8, 4) is 5.75 Å². The quantitative estimate of drug-likeness (QED) is 0.909. The molecule has 0 aromatic heterocycles. The molecule has 0 aliphatic carbocycles. The summed E-state index contributed by atoms with van der Waals surface area (Å²) in [6.07, 6.45) is -5.54. The van der Waals surface area contributed by atoms with Gasteiger partial charge in [0.25, 0.3) is 0 Å². The van der Waals surface area contributed by atoms with Crippen LogP contribution >= 0.6 is 0 Å². The number of ether oxygens (including phenoxy) is 1. The van der Waals surface area contributed by atoms with Crippen LogP contribution in [0.1, 0.15) is 18.9 Å². The van der Waals surface area contributed by atoms with Gasteiger partial charge in [0.15, 0.2) is 5.72 Å². The lowest BCUT2D eigenvalue weighted by Gasteiger charge is -2.30. The van der Waals surface area contributed by atoms with Gasteiger partial charge < -0.3 is 9.84 Å². The van der Waals surface area contributed by atoms with Crippen molar-refractivity contribution in [3.63, 3.8) is 0 Å². The van der Waals surface area contributed by atoms with E-state index in [0.717, 1.165) is 6.92 Å². The Morgan fingerprint density at radius 1 is 1.48 bits per heavy atom. The number of carbonyl (C=O) groups excluding carboxylic acids is 1. The van der Waals surface area contributed by atoms with Gasteiger partial charge in [0.05, 0.1) is 13.5 Å². The second kappa shape index (κ2) is 5.03. The highest BCUT2D eigenvalue weighted by Gasteiger charge is 2.52. The van der Waals surface area contributed by atoms with Gasteiger partial charge in [-0.25, -0.2) is 0 Å². The van der Waals surface area contributed by atoms with Crippen molar-refractivity contribution in [1.82, 2.24) is 5.01 Å². The Balaban J connectivity index is 2.47. The molecule has 1 N–H and O–H groups in total. The zero-order valence-electron chi connectivity index (χ0n) is 11.3. The topological polar surface area (TPSA) is 62.1 Å². The van der Waals surface area contributed by atoms with E-state index in [4.69, 9.17) is 4.74 Å². The van der Waals surface area contributed by atoms with Gasteiger partial charge >= 0.3 is 6.18 Å². The van der Waals surface area contributed by atoms with Crippen molar-refractivity contribution in [2.24, 2.45) is 5.10 Å². The highest BCUT2D eigenvalue weighted by atomic mass is 19.4. The van der Waals surface area contributed by atoms with Crippen LogP contribution < -0.4 is 4.74 Å². The van der Waals surface area contributed by atoms with Crippen molar-refractivity contribution in [2.75, 3.05) is 7.11 Å². The van der Waals surface area contributed by atoms with Crippen molar-refractivity contribution in [2.45, 2.75) is 25.2 Å². The molecule has 0 saturated carbocycles. The lowest BCUT2D eigenvalue weighted by Crippen LogP contribution is -2.42. The smallest absolute Gasteiger partial charge is 0.431 e. The fourth-order valence-corrected chi connectivity index (χ4v) is 2.13. The Morgan fingerprint density at radius 3 is 2.67 bits per heavy atom. The third-order valence-electron chi connectivity index (χ3n) is 3.14. The second-order valence-corrected chi connectivity index (χ2v) is 4.60. The minimum absolute atomic E-state index is 0.0973. The number of nitrogens with zero attached hydrogens (tertiary/aromatic N) is 2. The molecule has 2 rings (SSSR count). The first-order chi connectivity index (χ1) is 9.68. The van der Waals surface area contributed by atoms with Crippen LogP contribution in [-0.4, -0.2) is 35.0 Å². The van der Waals surface area contributed by atoms with E-state index in [0.29, 0.717) is 10.8 Å². The first-order valence-corrected chi connectivity index (χ1v) is 6.01. The molecule has 1 atom stereocenters. The Kier molecular flexibility index (Phi) is 3.66. The highest BCUT2D eigenvalue weighted by Crippen LogP contribution is 2.40. The monoisotopic (exact) mass is 302 g/mol. The molecule has 0 spiro atoms. The molecule has 5 nitrogen and oxygen atoms in total. The van der Waals surface area contributed by atoms with Gasteiger partial charge in [-0.1, -0.05) is 12.1 Å². The third kappa shape index (κ3) is 2.71. The number of amides is 1. The maximum absolute atomic E-state index is 12.8. The van der Waals surface area contributed by atoms with E-state index in [1.165, 1.54) is 25.3 Å². The molecule has 0 saturated heterocycles. The van der Waals surface area contributed by atoms with E-state index in [1.807, 2.05) is 0 Å². The summed E-state index contributed by atoms with van der Waals surface area (Å²) in [6, 6.07) is 5.86. The molecule has 0 unspecified atom stereocenters. The molecular weight excluding hydrogens is 289 g/mol. The van der Waals surface area contributed by atoms with E-state index in [9.17, 15) is 23.1 Å². The zero-order chi connectivity index (χ0) is 15.8. The molecule has 1 aliphatic heterocycles. The number of hydrogen-bond acceptors (Lipinski definition) is 4. The maximum Gasteiger partial charge on any atom is 0.431 e. The average molecular weight is 302 g/mol. The van der Waals surface area contributed by atoms with Crippen LogP contribution in [0.4, 0.5) is 13.2 Å². The number of hydrazone groups is 1. The fraction of sp³-hybridized carbons (Fsp3) is 0.385. The standard InChI is InChI=1S/C13H13F3N2O3/c1-8(19)18-12(20,7-11(17-18)13(14,15)16)9-4-3-5-10(6-9)21-2/h3-6,20H,7H2,1-2H3/t12-/m0/s1. The van der Waals surface area contributed by atoms with Crippen LogP contribution in [0.2, 0.25) is 0 Å². The fourth-order valence-electron chi connectivity index (χ4n) is 2.13. The summed E-state index contributed by atoms with van der Waals surface area (Å²) >= 11 is 0. The predicted octanol–water partition coefficient (Wildman–Crippen LogP) is 2.01. The summed E-state index contributed by atoms with van der Waals surface area (Å²) in [6.45, 7) is 1.04. The first-order valence-electron chi connectivity index (χ1n) is 6.01. The average Bonchev–Trinajstić information content (AvgIpc) is 2.78. The molecule has 1 amide bonds. The largest absolute Gasteiger partial charge is 0.497 e. The number of halogens is 3. The molecule has 1 aromatic carbocycles. The van der Waals surface area contributed by atoms with Crippen LogP contribution in [-0.2, 0) is 10.5 Å². The molecule has 114 valence electrons. The summed E-state index contributed by atoms with van der Waals surface area (Å²) < 4.78 is 43.4. The first kappa shape index (κ1) is 15.3. The van der Waals surface area contributed by atoms with Crippen LogP contribution in [0, 0.1) is 0 Å². The van der Waals surface area contributed by atoms with Crippen molar-refractivity contribution in [3.05, 3.63) is 29.8 Å². The number of rotatable bonds is 2. The van der Waals surface area contributed by atoms with E-state index in [2.05, 4.69) is 5.10 Å². The minimum Gasteiger partial charge on any atom is -0.497 e. The summed E-state index contributed by atoms with van der Waals surface area (Å²) in [7, 11) is 1.39. The Hall–Kier alpha value is -2.09. The van der Waals surface area contributed by atoms with Crippen LogP contribution in [0.25, 0.3) is 0 Å². The zero-order valence-corrected chi connectivity index (χ0v) is 11.3. The molecule has 1 aliphatic rings. The molecule has 21 heavy (non-hydrogen) atoms. The SMILES string of the molecule is COc1cccc([C@@]2(O)CC(C(F)(F)F)=NN2C(C)=O)c1. The Morgan fingerprint density at radius 2 is 2.14 bits per heavy atom. The van der Waals surface area contributed by atoms with Crippen molar-refractivity contribution in [1.29, 1.82) is 0 Å². The summed E-state index contributed by atoms with van der Waals surface area (Å²) in [5.41, 5.74) is -3.28. The maximum atomic E-state index is 12.8. The molecular formula is C13H13F3N2O3. The molecule has 1 heterocycles. The number of hydrogen-bond donors (Lipinski definition) is 1. The second-order valence-electron chi connectivity index (χ2n) is 4.60. The lowest BCUT2D eigenvalue weighted by molar-refractivity contribution is -0.155. The third-order valence-corrected chi connectivity index (χ3v) is 3.14. The van der Waals surface area contributed by atoms with E-state index >= 15 is 0 Å². The molecule has 1 aromatic rings. The number of methoxy groups -OCH3 is 1. The summed E-state index contributed by atoms with van der Waals surface area (Å²) in [5, 5.41) is 14.3. The van der Waals surface area contributed by atoms with Gasteiger partial charge in [0.2, 0.25) is 5.91 Å². The molecule has 0 radical (unpaired) electrons. The number of aliphatic hydroxyl groups is 1. The summed E-state index contributed by atoms with van der Waals surface area (Å²) in [4.78, 5) is 11.5. The van der Waals surface area contributed by atoms with Gasteiger partial charge in [0.1, 0.15) is 11.5 Å². The van der Waals surface area contributed by atoms with Gasteiger partial charge in [-0.05, 0) is 12.1 Å². The van der Waals surface area contributed by atoms with Crippen molar-refractivity contribution < 1.29 is 27.8 Å². The van der Waals surface area contributed by atoms with Crippen LogP contribution in [0.15, 0.2) is 29.4 Å². The van der Waals surface area contributed by atoms with Crippen molar-refractivity contribution >= 4 is 11.6 Å². The number of benzene rings is 1. The van der Waals surface area contributed by atoms with E-state index in [-0.39, 0.29) is 5.56 Å². The van der Waals surface area contributed by atoms with Crippen LogP contribution in [0.3, 0.4) is 0 Å². The number of alkyl halides is 3. The predicted molar refractivity (Wildman–Crippen MR) is 67.5 cm³/mol. The molecule has 8 heteroatoms. The Labute approximate surface area is 118 Å². The number of carbonyl (C=O) groups is 1. The lowest BCUT2D eigenvalue weighted by atomic mass is 9.97. The molecule has 0 bridgehead atoms. The van der Waals surface area contributed by atoms with E-state index < -0.39 is 29.9 Å². The van der Waals surface area contributed by atoms with E-state index in [1.54, 1.807) is 6.07 Å². The Bertz CT molecular complexity index is 601. The van der Waals surface area contributed by atoms with Gasteiger partial charge in [0, 0.05) is 12.5 Å². The van der Waals surface area contributed by atoms with Gasteiger partial charge in [-0.2, -0.15) is 23.3 Å². The summed E-state index contributed by atoms with van der Waals surface area (Å²) in [5.74, 6) is -0.440. The van der Waals surface area contributed by atoms with Gasteiger partial charge in [-0.3, -0.25) is 4.79 Å². The minimum atomic E-state index is -4.71. The van der Waals surface area contributed by atoms with Crippen LogP contribution in [0.5, 0.6) is 5.75 Å². The highest BCUT2D eigenvalue weighted by molar-refractivity contribution is 5.94. The van der Waals surface area contributed by atoms with Gasteiger partial charge in [-0.15, -0.1) is 0 Å².